The molecule has 0 radical (unpaired) electrons. The van der Waals surface area contributed by atoms with Crippen LogP contribution in [-0.4, -0.2) is 28.8 Å². The number of carbonyl (C=O) groups is 2. The summed E-state index contributed by atoms with van der Waals surface area (Å²) < 4.78 is 3.61. The summed E-state index contributed by atoms with van der Waals surface area (Å²) in [5.41, 5.74) is 0.176. The molecule has 0 aliphatic carbocycles. The molecule has 1 N–H and O–H groups in total. The largest absolute Gasteiger partial charge is 0.478 e. The van der Waals surface area contributed by atoms with Crippen LogP contribution in [0.2, 0.25) is 0 Å². The molecular formula is C7H9NO3S. The van der Waals surface area contributed by atoms with Crippen LogP contribution in [0.3, 0.4) is 0 Å². The van der Waals surface area contributed by atoms with Gasteiger partial charge in [-0.2, -0.15) is 0 Å². The highest BCUT2D eigenvalue weighted by molar-refractivity contribution is 7.99. The molecule has 0 saturated heterocycles. The van der Waals surface area contributed by atoms with Crippen molar-refractivity contribution in [1.29, 1.82) is 0 Å². The number of rotatable bonds is 1. The Bertz CT molecular complexity index is 220. The molecular weight excluding hydrogens is 178 g/mol. The van der Waals surface area contributed by atoms with E-state index in [1.807, 2.05) is 0 Å². The summed E-state index contributed by atoms with van der Waals surface area (Å²) in [5.74, 6) is -0.269. The Morgan fingerprint density at radius 1 is 1.83 bits per heavy atom. The summed E-state index contributed by atoms with van der Waals surface area (Å²) in [6, 6.07) is 0. The molecule has 4 nitrogen and oxygen atoms in total. The van der Waals surface area contributed by atoms with Crippen LogP contribution in [0.25, 0.3) is 0 Å². The van der Waals surface area contributed by atoms with Gasteiger partial charge in [-0.15, -0.1) is 0 Å². The molecule has 0 aromatic rings. The molecule has 0 amide bonds. The number of hydrogen-bond acceptors (Lipinski definition) is 4. The molecule has 5 heteroatoms. The van der Waals surface area contributed by atoms with Crippen molar-refractivity contribution < 1.29 is 14.7 Å². The van der Waals surface area contributed by atoms with E-state index in [1.54, 1.807) is 0 Å². The van der Waals surface area contributed by atoms with Crippen molar-refractivity contribution in [2.24, 2.45) is 4.40 Å². The van der Waals surface area contributed by atoms with Crippen LogP contribution in [0.4, 0.5) is 0 Å². The number of Topliss-reactive ketones (excluding diaryl/α,β-unsaturated/α-hetero) is 1. The van der Waals surface area contributed by atoms with Gasteiger partial charge in [0.05, 0.1) is 12.0 Å². The van der Waals surface area contributed by atoms with E-state index in [0.717, 1.165) is 0 Å². The summed E-state index contributed by atoms with van der Waals surface area (Å²) in [7, 11) is 0. The second-order valence-electron chi connectivity index (χ2n) is 2.06. The maximum absolute atomic E-state index is 10.1. The zero-order chi connectivity index (χ0) is 9.56. The summed E-state index contributed by atoms with van der Waals surface area (Å²) in [4.78, 5) is 19.7. The zero-order valence-corrected chi connectivity index (χ0v) is 7.43. The molecule has 1 heterocycles. The molecule has 0 atom stereocenters. The SMILES string of the molecule is C=C(C)C(=O)O.O=C1C=NSC1. The minimum atomic E-state index is -0.935. The third kappa shape index (κ3) is 5.67. The molecule has 12 heavy (non-hydrogen) atoms. The predicted octanol–water partition coefficient (Wildman–Crippen LogP) is 0.935. The zero-order valence-electron chi connectivity index (χ0n) is 6.61. The van der Waals surface area contributed by atoms with Crippen LogP contribution in [0, 0.1) is 0 Å². The molecule has 1 aliphatic rings. The van der Waals surface area contributed by atoms with Gasteiger partial charge in [-0.1, -0.05) is 6.58 Å². The lowest BCUT2D eigenvalue weighted by Crippen LogP contribution is -1.93. The third-order valence-corrected chi connectivity index (χ3v) is 1.51. The van der Waals surface area contributed by atoms with E-state index in [4.69, 9.17) is 5.11 Å². The Balaban J connectivity index is 0.000000202. The van der Waals surface area contributed by atoms with E-state index in [1.165, 1.54) is 25.1 Å². The molecule has 0 saturated carbocycles. The van der Waals surface area contributed by atoms with Crippen molar-refractivity contribution in [3.05, 3.63) is 12.2 Å². The van der Waals surface area contributed by atoms with Gasteiger partial charge >= 0.3 is 5.97 Å². The van der Waals surface area contributed by atoms with Crippen molar-refractivity contribution >= 4 is 29.9 Å². The first-order valence-corrected chi connectivity index (χ1v) is 4.05. The van der Waals surface area contributed by atoms with Crippen LogP contribution in [0.15, 0.2) is 16.5 Å². The smallest absolute Gasteiger partial charge is 0.330 e. The monoisotopic (exact) mass is 187 g/mol. The summed E-state index contributed by atoms with van der Waals surface area (Å²) in [6.07, 6.45) is 1.35. The van der Waals surface area contributed by atoms with E-state index in [-0.39, 0.29) is 11.4 Å². The second kappa shape index (κ2) is 5.54. The first-order chi connectivity index (χ1) is 5.54. The van der Waals surface area contributed by atoms with E-state index in [9.17, 15) is 9.59 Å². The molecule has 0 aromatic heterocycles. The molecule has 0 bridgehead atoms. The predicted molar refractivity (Wildman–Crippen MR) is 48.4 cm³/mol. The lowest BCUT2D eigenvalue weighted by Gasteiger charge is -1.79. The van der Waals surface area contributed by atoms with Crippen molar-refractivity contribution in [2.45, 2.75) is 6.92 Å². The fourth-order valence-corrected chi connectivity index (χ4v) is 0.703. The molecule has 0 fully saturated rings. The quantitative estimate of drug-likeness (QED) is 0.490. The average Bonchev–Trinajstić information content (AvgIpc) is 2.40. The van der Waals surface area contributed by atoms with Gasteiger partial charge in [0.1, 0.15) is 0 Å². The Hall–Kier alpha value is -1.10. The van der Waals surface area contributed by atoms with Gasteiger partial charge in [-0.25, -0.2) is 9.19 Å². The van der Waals surface area contributed by atoms with Gasteiger partial charge in [-0.3, -0.25) is 4.79 Å². The average molecular weight is 187 g/mol. The van der Waals surface area contributed by atoms with Crippen molar-refractivity contribution in [2.75, 3.05) is 5.75 Å². The number of carboxylic acids is 1. The lowest BCUT2D eigenvalue weighted by molar-refractivity contribution is -0.132. The molecule has 1 aliphatic heterocycles. The Morgan fingerprint density at radius 2 is 2.33 bits per heavy atom. The Kier molecular flexibility index (Phi) is 5.03. The topological polar surface area (TPSA) is 66.7 Å². The van der Waals surface area contributed by atoms with Crippen molar-refractivity contribution in [3.63, 3.8) is 0 Å². The highest BCUT2D eigenvalue weighted by Crippen LogP contribution is 2.05. The van der Waals surface area contributed by atoms with Crippen LogP contribution >= 0.6 is 11.9 Å². The third-order valence-electron chi connectivity index (χ3n) is 0.843. The van der Waals surface area contributed by atoms with Crippen LogP contribution < -0.4 is 0 Å². The molecule has 1 rings (SSSR count). The molecule has 66 valence electrons. The summed E-state index contributed by atoms with van der Waals surface area (Å²) >= 11 is 1.30. The number of hydrogen-bond donors (Lipinski definition) is 1. The van der Waals surface area contributed by atoms with E-state index in [0.29, 0.717) is 5.75 Å². The minimum absolute atomic E-state index is 0.125. The normalized spacial score (nSPS) is 13.6. The van der Waals surface area contributed by atoms with Gasteiger partial charge < -0.3 is 5.11 Å². The first-order valence-electron chi connectivity index (χ1n) is 3.11. The fraction of sp³-hybridized carbons (Fsp3) is 0.286. The molecule has 0 unspecified atom stereocenters. The Morgan fingerprint density at radius 3 is 2.42 bits per heavy atom. The highest BCUT2D eigenvalue weighted by Gasteiger charge is 2.01. The Labute approximate surface area is 74.5 Å². The van der Waals surface area contributed by atoms with E-state index in [2.05, 4.69) is 11.0 Å². The van der Waals surface area contributed by atoms with Crippen LogP contribution in [-0.2, 0) is 9.59 Å². The van der Waals surface area contributed by atoms with Gasteiger partial charge in [0.2, 0.25) is 0 Å². The van der Waals surface area contributed by atoms with Gasteiger partial charge in [0, 0.05) is 5.57 Å². The lowest BCUT2D eigenvalue weighted by atomic mass is 10.4. The number of nitrogens with zero attached hydrogens (tertiary/aromatic N) is 1. The van der Waals surface area contributed by atoms with Crippen molar-refractivity contribution in [1.82, 2.24) is 0 Å². The van der Waals surface area contributed by atoms with E-state index < -0.39 is 5.97 Å². The fourth-order valence-electron chi connectivity index (χ4n) is 0.234. The number of carbonyl (C=O) groups excluding carboxylic acids is 1. The summed E-state index contributed by atoms with van der Waals surface area (Å²) in [5, 5.41) is 7.89. The van der Waals surface area contributed by atoms with Crippen molar-refractivity contribution in [3.8, 4) is 0 Å². The minimum Gasteiger partial charge on any atom is -0.478 e. The molecule has 0 aromatic carbocycles. The van der Waals surface area contributed by atoms with Crippen LogP contribution in [0.5, 0.6) is 0 Å². The summed E-state index contributed by atoms with van der Waals surface area (Å²) in [6.45, 7) is 4.60. The van der Waals surface area contributed by atoms with Gasteiger partial charge in [0.15, 0.2) is 5.78 Å². The molecule has 0 spiro atoms. The standard InChI is InChI=1S/C4H6O2.C3H3NOS/c1-3(2)4(5)6;5-3-1-4-6-2-3/h1H2,2H3,(H,5,6);1H,2H2. The number of ketones is 1. The highest BCUT2D eigenvalue weighted by atomic mass is 32.2. The van der Waals surface area contributed by atoms with E-state index >= 15 is 0 Å². The number of carboxylic acid groups (broad SMARTS) is 1. The first kappa shape index (κ1) is 10.9. The second-order valence-corrected chi connectivity index (χ2v) is 2.82. The van der Waals surface area contributed by atoms with Crippen LogP contribution in [0.1, 0.15) is 6.92 Å². The maximum Gasteiger partial charge on any atom is 0.330 e. The maximum atomic E-state index is 10.1. The number of aliphatic carboxylic acids is 1. The van der Waals surface area contributed by atoms with Gasteiger partial charge in [-0.05, 0) is 18.9 Å². The van der Waals surface area contributed by atoms with Gasteiger partial charge in [0.25, 0.3) is 0 Å².